The molecule has 0 fully saturated rings. The highest BCUT2D eigenvalue weighted by Crippen LogP contribution is 2.28. The lowest BCUT2D eigenvalue weighted by Gasteiger charge is -2.26. The summed E-state index contributed by atoms with van der Waals surface area (Å²) in [6, 6.07) is 14.3. The van der Waals surface area contributed by atoms with E-state index < -0.39 is 0 Å². The average Bonchev–Trinajstić information content (AvgIpc) is 3.10. The number of nitrogens with one attached hydrogen (secondary N) is 1. The summed E-state index contributed by atoms with van der Waals surface area (Å²) >= 11 is 0. The smallest absolute Gasteiger partial charge is 0.251 e. The molecule has 136 valence electrons. The van der Waals surface area contributed by atoms with Gasteiger partial charge in [-0.3, -0.25) is 4.79 Å². The van der Waals surface area contributed by atoms with Crippen molar-refractivity contribution in [3.8, 4) is 11.8 Å². The summed E-state index contributed by atoms with van der Waals surface area (Å²) in [7, 11) is 1.63. The van der Waals surface area contributed by atoms with E-state index in [-0.39, 0.29) is 11.9 Å². The van der Waals surface area contributed by atoms with E-state index in [1.807, 2.05) is 24.3 Å². The number of amides is 1. The maximum absolute atomic E-state index is 12.4. The van der Waals surface area contributed by atoms with Crippen LogP contribution in [0.5, 0.6) is 5.75 Å². The molecule has 0 aliphatic carbocycles. The quantitative estimate of drug-likeness (QED) is 0.770. The molecule has 0 unspecified atom stereocenters. The van der Waals surface area contributed by atoms with Gasteiger partial charge in [0.25, 0.3) is 5.91 Å². The zero-order valence-electron chi connectivity index (χ0n) is 14.8. The van der Waals surface area contributed by atoms with Crippen molar-refractivity contribution in [2.45, 2.75) is 12.6 Å². The Morgan fingerprint density at radius 1 is 1.37 bits per heavy atom. The number of ether oxygens (including phenoxy) is 2. The number of fused-ring (bicyclic) bond motifs is 3. The normalized spacial score (nSPS) is 15.8. The largest absolute Gasteiger partial charge is 0.497 e. The average molecular weight is 362 g/mol. The van der Waals surface area contributed by atoms with Crippen LogP contribution >= 0.6 is 0 Å². The molecule has 1 aliphatic rings. The van der Waals surface area contributed by atoms with Gasteiger partial charge in [0.1, 0.15) is 18.2 Å². The molecule has 1 atom stereocenters. The third kappa shape index (κ3) is 3.23. The molecule has 7 heteroatoms. The highest BCUT2D eigenvalue weighted by Gasteiger charge is 2.25. The van der Waals surface area contributed by atoms with Crippen LogP contribution in [-0.4, -0.2) is 35.7 Å². The van der Waals surface area contributed by atoms with E-state index in [2.05, 4.69) is 14.9 Å². The summed E-state index contributed by atoms with van der Waals surface area (Å²) in [6.07, 6.45) is 0. The lowest BCUT2D eigenvalue weighted by atomic mass is 10.1. The van der Waals surface area contributed by atoms with Crippen LogP contribution in [0, 0.1) is 11.3 Å². The molecular formula is C20H18N4O3. The summed E-state index contributed by atoms with van der Waals surface area (Å²) in [4.78, 5) is 17.0. The monoisotopic (exact) mass is 362 g/mol. The van der Waals surface area contributed by atoms with E-state index in [4.69, 9.17) is 14.7 Å². The van der Waals surface area contributed by atoms with Crippen molar-refractivity contribution in [3.63, 3.8) is 0 Å². The van der Waals surface area contributed by atoms with Crippen molar-refractivity contribution in [2.75, 3.05) is 20.3 Å². The molecule has 4 rings (SSSR count). The second-order valence-corrected chi connectivity index (χ2v) is 6.32. The number of methoxy groups -OCH3 is 1. The minimum Gasteiger partial charge on any atom is -0.497 e. The Morgan fingerprint density at radius 2 is 2.19 bits per heavy atom. The number of nitriles is 1. The van der Waals surface area contributed by atoms with E-state index in [0.29, 0.717) is 30.9 Å². The number of rotatable bonds is 4. The van der Waals surface area contributed by atoms with Crippen LogP contribution in [0.15, 0.2) is 42.5 Å². The molecule has 1 amide bonds. The number of benzene rings is 2. The summed E-state index contributed by atoms with van der Waals surface area (Å²) in [5, 5.41) is 11.8. The molecule has 0 spiro atoms. The molecule has 0 saturated carbocycles. The summed E-state index contributed by atoms with van der Waals surface area (Å²) < 4.78 is 13.1. The molecule has 1 aromatic heterocycles. The van der Waals surface area contributed by atoms with E-state index in [1.54, 1.807) is 31.4 Å². The predicted octanol–water partition coefficient (Wildman–Crippen LogP) is 2.42. The topological polar surface area (TPSA) is 89.2 Å². The number of hydrogen-bond acceptors (Lipinski definition) is 5. The van der Waals surface area contributed by atoms with Gasteiger partial charge < -0.3 is 19.4 Å². The van der Waals surface area contributed by atoms with E-state index in [1.165, 1.54) is 0 Å². The molecule has 0 saturated heterocycles. The minimum atomic E-state index is -0.186. The number of carbonyl (C=O) groups is 1. The lowest BCUT2D eigenvalue weighted by molar-refractivity contribution is 0.0553. The van der Waals surface area contributed by atoms with Crippen molar-refractivity contribution in [1.82, 2.24) is 14.9 Å². The fourth-order valence-corrected chi connectivity index (χ4v) is 3.28. The molecular weight excluding hydrogens is 344 g/mol. The Balaban J connectivity index is 1.55. The zero-order chi connectivity index (χ0) is 18.8. The second-order valence-electron chi connectivity index (χ2n) is 6.32. The standard InChI is InChI=1S/C20H18N4O3/c1-26-16-6-7-17-18(8-16)24-15(11-27-12-19(24)23-17)10-22-20(25)14-4-2-13(9-21)3-5-14/h2-8,15H,10-12H2,1H3,(H,22,25)/t15-/m0/s1. The van der Waals surface area contributed by atoms with Gasteiger partial charge in [-0.05, 0) is 36.4 Å². The van der Waals surface area contributed by atoms with Crippen LogP contribution in [0.4, 0.5) is 0 Å². The van der Waals surface area contributed by atoms with Gasteiger partial charge in [-0.15, -0.1) is 0 Å². The number of imidazole rings is 1. The third-order valence-corrected chi connectivity index (χ3v) is 4.65. The first-order chi connectivity index (χ1) is 13.2. The molecule has 27 heavy (non-hydrogen) atoms. The highest BCUT2D eigenvalue weighted by atomic mass is 16.5. The van der Waals surface area contributed by atoms with Crippen LogP contribution in [0.1, 0.15) is 27.8 Å². The van der Waals surface area contributed by atoms with Crippen LogP contribution < -0.4 is 10.1 Å². The van der Waals surface area contributed by atoms with Crippen LogP contribution in [0.25, 0.3) is 11.0 Å². The fraction of sp³-hybridized carbons (Fsp3) is 0.250. The zero-order valence-corrected chi connectivity index (χ0v) is 14.8. The second kappa shape index (κ2) is 7.09. The first-order valence-corrected chi connectivity index (χ1v) is 8.60. The molecule has 1 N–H and O–H groups in total. The van der Waals surface area contributed by atoms with E-state index in [9.17, 15) is 4.79 Å². The minimum absolute atomic E-state index is 0.0619. The van der Waals surface area contributed by atoms with Crippen LogP contribution in [0.3, 0.4) is 0 Å². The van der Waals surface area contributed by atoms with Gasteiger partial charge >= 0.3 is 0 Å². The van der Waals surface area contributed by atoms with Crippen LogP contribution in [0.2, 0.25) is 0 Å². The van der Waals surface area contributed by atoms with Gasteiger partial charge in [0.15, 0.2) is 0 Å². The van der Waals surface area contributed by atoms with Gasteiger partial charge in [0.05, 0.1) is 42.4 Å². The molecule has 3 aromatic rings. The molecule has 2 heterocycles. The van der Waals surface area contributed by atoms with Gasteiger partial charge in [-0.2, -0.15) is 5.26 Å². The van der Waals surface area contributed by atoms with Crippen molar-refractivity contribution < 1.29 is 14.3 Å². The summed E-state index contributed by atoms with van der Waals surface area (Å²) in [6.45, 7) is 1.34. The van der Waals surface area contributed by atoms with Crippen molar-refractivity contribution in [3.05, 3.63) is 59.4 Å². The van der Waals surface area contributed by atoms with Crippen LogP contribution in [-0.2, 0) is 11.3 Å². The van der Waals surface area contributed by atoms with Gasteiger partial charge in [-0.25, -0.2) is 4.98 Å². The van der Waals surface area contributed by atoms with Crippen molar-refractivity contribution in [1.29, 1.82) is 5.26 Å². The molecule has 1 aliphatic heterocycles. The number of nitrogens with zero attached hydrogens (tertiary/aromatic N) is 3. The molecule has 0 bridgehead atoms. The predicted molar refractivity (Wildman–Crippen MR) is 98.5 cm³/mol. The lowest BCUT2D eigenvalue weighted by Crippen LogP contribution is -2.35. The Bertz CT molecular complexity index is 1030. The van der Waals surface area contributed by atoms with Gasteiger partial charge in [0.2, 0.25) is 0 Å². The summed E-state index contributed by atoms with van der Waals surface area (Å²) in [5.74, 6) is 1.41. The van der Waals surface area contributed by atoms with E-state index >= 15 is 0 Å². The number of hydrogen-bond donors (Lipinski definition) is 1. The summed E-state index contributed by atoms with van der Waals surface area (Å²) in [5.41, 5.74) is 2.88. The Morgan fingerprint density at radius 3 is 2.93 bits per heavy atom. The fourth-order valence-electron chi connectivity index (χ4n) is 3.28. The van der Waals surface area contributed by atoms with Gasteiger partial charge in [0, 0.05) is 18.2 Å². The Kier molecular flexibility index (Phi) is 4.48. The number of aromatic nitrogens is 2. The Labute approximate surface area is 156 Å². The maximum atomic E-state index is 12.4. The van der Waals surface area contributed by atoms with Gasteiger partial charge in [-0.1, -0.05) is 0 Å². The third-order valence-electron chi connectivity index (χ3n) is 4.65. The first kappa shape index (κ1) is 17.1. The number of carbonyl (C=O) groups excluding carboxylic acids is 1. The Hall–Kier alpha value is -3.37. The molecule has 0 radical (unpaired) electrons. The maximum Gasteiger partial charge on any atom is 0.251 e. The van der Waals surface area contributed by atoms with Crippen molar-refractivity contribution in [2.24, 2.45) is 0 Å². The first-order valence-electron chi connectivity index (χ1n) is 8.60. The molecule has 7 nitrogen and oxygen atoms in total. The van der Waals surface area contributed by atoms with E-state index in [0.717, 1.165) is 22.6 Å². The SMILES string of the molecule is COc1ccc2nc3n(c2c1)[C@@H](CNC(=O)c1ccc(C#N)cc1)COC3. The van der Waals surface area contributed by atoms with Crippen molar-refractivity contribution >= 4 is 16.9 Å². The molecule has 2 aromatic carbocycles. The highest BCUT2D eigenvalue weighted by molar-refractivity contribution is 5.94.